The zero-order valence-electron chi connectivity index (χ0n) is 17.8. The Balaban J connectivity index is 2.14. The third-order valence-electron chi connectivity index (χ3n) is 4.97. The summed E-state index contributed by atoms with van der Waals surface area (Å²) in [7, 11) is 0. The van der Waals surface area contributed by atoms with E-state index >= 15 is 0 Å². The number of carbonyl (C=O) groups is 2. The Morgan fingerprint density at radius 1 is 1.03 bits per heavy atom. The number of nitrogens with one attached hydrogen (secondary N) is 1. The van der Waals surface area contributed by atoms with E-state index in [1.54, 1.807) is 30.0 Å². The van der Waals surface area contributed by atoms with Crippen LogP contribution in [0.5, 0.6) is 0 Å². The van der Waals surface area contributed by atoms with Gasteiger partial charge in [-0.15, -0.1) is 11.8 Å². The van der Waals surface area contributed by atoms with Gasteiger partial charge in [0.1, 0.15) is 6.04 Å². The van der Waals surface area contributed by atoms with Crippen LogP contribution >= 0.6 is 46.6 Å². The molecular weight excluding hydrogens is 475 g/mol. The molecule has 0 aliphatic heterocycles. The number of rotatable bonds is 10. The van der Waals surface area contributed by atoms with Crippen molar-refractivity contribution in [1.82, 2.24) is 10.2 Å². The minimum atomic E-state index is -0.662. The molecule has 0 spiro atoms. The van der Waals surface area contributed by atoms with Gasteiger partial charge in [-0.25, -0.2) is 0 Å². The second-order valence-electron chi connectivity index (χ2n) is 7.33. The van der Waals surface area contributed by atoms with Crippen LogP contribution in [0.25, 0.3) is 0 Å². The van der Waals surface area contributed by atoms with Crippen molar-refractivity contribution in [3.05, 3.63) is 68.7 Å². The van der Waals surface area contributed by atoms with Crippen LogP contribution < -0.4 is 5.32 Å². The largest absolute Gasteiger partial charge is 0.352 e. The lowest BCUT2D eigenvalue weighted by Crippen LogP contribution is -2.50. The third kappa shape index (κ3) is 7.90. The van der Waals surface area contributed by atoms with Crippen molar-refractivity contribution < 1.29 is 9.59 Å². The molecule has 1 N–H and O–H groups in total. The molecule has 0 saturated heterocycles. The Morgan fingerprint density at radius 2 is 1.65 bits per heavy atom. The Morgan fingerprint density at radius 3 is 2.23 bits per heavy atom. The standard InChI is InChI=1S/C23H27Cl3N2O2S/c1-4-15(2)27-23(30)16(3)28(12-19-20(25)6-5-7-21(19)26)22(29)14-31-13-17-8-10-18(24)11-9-17/h5-11,15-16H,4,12-14H2,1-3H3,(H,27,30). The van der Waals surface area contributed by atoms with Gasteiger partial charge in [-0.1, -0.05) is 59.9 Å². The number of amides is 2. The number of hydrogen-bond acceptors (Lipinski definition) is 3. The first kappa shape index (κ1) is 25.9. The van der Waals surface area contributed by atoms with Crippen LogP contribution in [0.3, 0.4) is 0 Å². The molecule has 8 heteroatoms. The summed E-state index contributed by atoms with van der Waals surface area (Å²) < 4.78 is 0. The average Bonchev–Trinajstić information content (AvgIpc) is 2.74. The molecule has 168 valence electrons. The molecule has 0 fully saturated rings. The molecule has 2 aromatic rings. The second-order valence-corrected chi connectivity index (χ2v) is 9.57. The van der Waals surface area contributed by atoms with Crippen LogP contribution in [0.4, 0.5) is 0 Å². The molecule has 2 atom stereocenters. The minimum Gasteiger partial charge on any atom is -0.352 e. The Bertz CT molecular complexity index is 873. The van der Waals surface area contributed by atoms with Gasteiger partial charge >= 0.3 is 0 Å². The highest BCUT2D eigenvalue weighted by atomic mass is 35.5. The number of hydrogen-bond donors (Lipinski definition) is 1. The van der Waals surface area contributed by atoms with Crippen molar-refractivity contribution in [3.8, 4) is 0 Å². The molecule has 0 aromatic heterocycles. The van der Waals surface area contributed by atoms with Gasteiger partial charge in [-0.2, -0.15) is 0 Å². The van der Waals surface area contributed by atoms with E-state index in [4.69, 9.17) is 34.8 Å². The van der Waals surface area contributed by atoms with Crippen LogP contribution in [0.15, 0.2) is 42.5 Å². The van der Waals surface area contributed by atoms with Gasteiger partial charge in [0.25, 0.3) is 0 Å². The average molecular weight is 502 g/mol. The topological polar surface area (TPSA) is 49.4 Å². The predicted molar refractivity (Wildman–Crippen MR) is 132 cm³/mol. The van der Waals surface area contributed by atoms with Gasteiger partial charge < -0.3 is 10.2 Å². The van der Waals surface area contributed by atoms with Crippen LogP contribution in [-0.2, 0) is 21.9 Å². The van der Waals surface area contributed by atoms with Gasteiger partial charge in [0, 0.05) is 39.0 Å². The molecular formula is C23H27Cl3N2O2S. The molecule has 31 heavy (non-hydrogen) atoms. The first-order valence-electron chi connectivity index (χ1n) is 10.1. The van der Waals surface area contributed by atoms with Crippen LogP contribution in [0, 0.1) is 0 Å². The molecule has 0 saturated carbocycles. The lowest BCUT2D eigenvalue weighted by molar-refractivity contribution is -0.138. The Kier molecular flexibility index (Phi) is 10.5. The van der Waals surface area contributed by atoms with E-state index in [0.717, 1.165) is 12.0 Å². The minimum absolute atomic E-state index is 0.0232. The van der Waals surface area contributed by atoms with Gasteiger partial charge in [-0.3, -0.25) is 9.59 Å². The molecule has 4 nitrogen and oxygen atoms in total. The first-order chi connectivity index (χ1) is 14.7. The molecule has 0 radical (unpaired) electrons. The van der Waals surface area contributed by atoms with E-state index in [-0.39, 0.29) is 30.2 Å². The number of nitrogens with zero attached hydrogens (tertiary/aromatic N) is 1. The zero-order chi connectivity index (χ0) is 23.0. The number of carbonyl (C=O) groups excluding carboxylic acids is 2. The normalized spacial score (nSPS) is 12.8. The van der Waals surface area contributed by atoms with Gasteiger partial charge in [-0.05, 0) is 50.1 Å². The molecule has 2 unspecified atom stereocenters. The molecule has 0 aliphatic carbocycles. The monoisotopic (exact) mass is 500 g/mol. The van der Waals surface area contributed by atoms with E-state index in [0.29, 0.717) is 26.4 Å². The van der Waals surface area contributed by atoms with Crippen molar-refractivity contribution in [2.24, 2.45) is 0 Å². The van der Waals surface area contributed by atoms with E-state index in [1.165, 1.54) is 11.8 Å². The molecule has 2 aromatic carbocycles. The Labute approximate surface area is 203 Å². The molecule has 2 rings (SSSR count). The Hall–Kier alpha value is -1.40. The first-order valence-corrected chi connectivity index (χ1v) is 12.4. The smallest absolute Gasteiger partial charge is 0.242 e. The zero-order valence-corrected chi connectivity index (χ0v) is 20.9. The molecule has 0 aliphatic rings. The number of benzene rings is 2. The molecule has 0 heterocycles. The molecule has 0 bridgehead atoms. The van der Waals surface area contributed by atoms with E-state index < -0.39 is 6.04 Å². The highest BCUT2D eigenvalue weighted by Crippen LogP contribution is 2.27. The van der Waals surface area contributed by atoms with E-state index in [2.05, 4.69) is 5.32 Å². The van der Waals surface area contributed by atoms with Crippen molar-refractivity contribution in [3.63, 3.8) is 0 Å². The summed E-state index contributed by atoms with van der Waals surface area (Å²) in [5.74, 6) is 0.540. The van der Waals surface area contributed by atoms with Crippen molar-refractivity contribution in [1.29, 1.82) is 0 Å². The van der Waals surface area contributed by atoms with Crippen molar-refractivity contribution in [2.45, 2.75) is 51.6 Å². The quantitative estimate of drug-likeness (QED) is 0.421. The fourth-order valence-electron chi connectivity index (χ4n) is 2.82. The van der Waals surface area contributed by atoms with Gasteiger partial charge in [0.05, 0.1) is 5.75 Å². The van der Waals surface area contributed by atoms with Gasteiger partial charge in [0.2, 0.25) is 11.8 Å². The summed E-state index contributed by atoms with van der Waals surface area (Å²) >= 11 is 20.1. The molecule has 2 amide bonds. The SMILES string of the molecule is CCC(C)NC(=O)C(C)N(Cc1c(Cl)cccc1Cl)C(=O)CSCc1ccc(Cl)cc1. The fraction of sp³-hybridized carbons (Fsp3) is 0.391. The van der Waals surface area contributed by atoms with E-state index in [1.807, 2.05) is 38.1 Å². The van der Waals surface area contributed by atoms with Crippen LogP contribution in [0.2, 0.25) is 15.1 Å². The summed E-state index contributed by atoms with van der Waals surface area (Å²) in [5.41, 5.74) is 1.70. The fourth-order valence-corrected chi connectivity index (χ4v) is 4.34. The number of thioether (sulfide) groups is 1. The van der Waals surface area contributed by atoms with Crippen LogP contribution in [0.1, 0.15) is 38.3 Å². The maximum atomic E-state index is 13.1. The predicted octanol–water partition coefficient (Wildman–Crippen LogP) is 6.21. The summed E-state index contributed by atoms with van der Waals surface area (Å²) in [4.78, 5) is 27.4. The maximum absolute atomic E-state index is 13.1. The number of halogens is 3. The van der Waals surface area contributed by atoms with Crippen LogP contribution in [-0.4, -0.2) is 34.6 Å². The lowest BCUT2D eigenvalue weighted by atomic mass is 10.1. The lowest BCUT2D eigenvalue weighted by Gasteiger charge is -2.30. The summed E-state index contributed by atoms with van der Waals surface area (Å²) in [5, 5.41) is 4.56. The summed E-state index contributed by atoms with van der Waals surface area (Å²) in [6.45, 7) is 5.82. The summed E-state index contributed by atoms with van der Waals surface area (Å²) in [6.07, 6.45) is 0.805. The van der Waals surface area contributed by atoms with Crippen molar-refractivity contribution >= 4 is 58.4 Å². The highest BCUT2D eigenvalue weighted by molar-refractivity contribution is 7.99. The van der Waals surface area contributed by atoms with Gasteiger partial charge in [0.15, 0.2) is 0 Å². The maximum Gasteiger partial charge on any atom is 0.242 e. The third-order valence-corrected chi connectivity index (χ3v) is 6.91. The van der Waals surface area contributed by atoms with E-state index in [9.17, 15) is 9.59 Å². The second kappa shape index (κ2) is 12.6. The highest BCUT2D eigenvalue weighted by Gasteiger charge is 2.27. The summed E-state index contributed by atoms with van der Waals surface area (Å²) in [6, 6.07) is 12.1. The van der Waals surface area contributed by atoms with Crippen molar-refractivity contribution in [2.75, 3.05) is 5.75 Å².